The molecule has 2 aromatic rings. The molecule has 2 nitrogen and oxygen atoms in total. The van der Waals surface area contributed by atoms with E-state index in [1.807, 2.05) is 6.07 Å². The van der Waals surface area contributed by atoms with Gasteiger partial charge in [-0.25, -0.2) is 4.39 Å². The van der Waals surface area contributed by atoms with Crippen molar-refractivity contribution in [1.29, 1.82) is 0 Å². The van der Waals surface area contributed by atoms with Crippen LogP contribution < -0.4 is 10.1 Å². The lowest BCUT2D eigenvalue weighted by atomic mass is 9.99. The van der Waals surface area contributed by atoms with Gasteiger partial charge in [0.1, 0.15) is 0 Å². The van der Waals surface area contributed by atoms with Gasteiger partial charge in [-0.2, -0.15) is 0 Å². The zero-order chi connectivity index (χ0) is 14.8. The fraction of sp³-hybridized carbons (Fsp3) is 0.333. The lowest BCUT2D eigenvalue weighted by molar-refractivity contribution is 0.386. The molecular weight excluding hydrogens is 265 g/mol. The standard InChI is InChI=1S/C18H20FNO/c1-3-20-17-8-5-14-10-12(4-7-15(14)17)13-6-9-18(21-2)16(19)11-13/h4,6-7,9-11,17,20H,3,5,8H2,1-2H3. The van der Waals surface area contributed by atoms with Crippen LogP contribution in [0.3, 0.4) is 0 Å². The first-order valence-electron chi connectivity index (χ1n) is 7.43. The maximum atomic E-state index is 13.8. The third kappa shape index (κ3) is 2.66. The highest BCUT2D eigenvalue weighted by atomic mass is 19.1. The summed E-state index contributed by atoms with van der Waals surface area (Å²) in [5, 5.41) is 3.51. The molecule has 1 aliphatic rings. The van der Waals surface area contributed by atoms with Gasteiger partial charge in [0.05, 0.1) is 7.11 Å². The fourth-order valence-electron chi connectivity index (χ4n) is 3.10. The molecule has 0 aromatic heterocycles. The number of hydrogen-bond donors (Lipinski definition) is 1. The molecule has 110 valence electrons. The Labute approximate surface area is 125 Å². The molecule has 2 aromatic carbocycles. The van der Waals surface area contributed by atoms with E-state index >= 15 is 0 Å². The molecule has 1 unspecified atom stereocenters. The van der Waals surface area contributed by atoms with Gasteiger partial charge in [-0.05, 0) is 53.8 Å². The molecule has 3 rings (SSSR count). The van der Waals surface area contributed by atoms with Crippen LogP contribution in [0.2, 0.25) is 0 Å². The smallest absolute Gasteiger partial charge is 0.165 e. The molecule has 3 heteroatoms. The molecule has 0 heterocycles. The summed E-state index contributed by atoms with van der Waals surface area (Å²) in [4.78, 5) is 0. The lowest BCUT2D eigenvalue weighted by Crippen LogP contribution is -2.18. The van der Waals surface area contributed by atoms with Gasteiger partial charge in [0, 0.05) is 6.04 Å². The second-order valence-electron chi connectivity index (χ2n) is 5.41. The fourth-order valence-corrected chi connectivity index (χ4v) is 3.10. The molecule has 0 fully saturated rings. The Hall–Kier alpha value is -1.87. The second-order valence-corrected chi connectivity index (χ2v) is 5.41. The van der Waals surface area contributed by atoms with Crippen LogP contribution in [0, 0.1) is 5.82 Å². The topological polar surface area (TPSA) is 21.3 Å². The first-order valence-corrected chi connectivity index (χ1v) is 7.43. The maximum Gasteiger partial charge on any atom is 0.165 e. The van der Waals surface area contributed by atoms with Gasteiger partial charge in [0.15, 0.2) is 11.6 Å². The average Bonchev–Trinajstić information content (AvgIpc) is 2.90. The van der Waals surface area contributed by atoms with Gasteiger partial charge >= 0.3 is 0 Å². The van der Waals surface area contributed by atoms with E-state index in [0.29, 0.717) is 6.04 Å². The SMILES string of the molecule is CCNC1CCc2cc(-c3ccc(OC)c(F)c3)ccc21. The number of benzene rings is 2. The third-order valence-corrected chi connectivity index (χ3v) is 4.16. The Morgan fingerprint density at radius 2 is 1.95 bits per heavy atom. The van der Waals surface area contributed by atoms with Crippen LogP contribution in [-0.4, -0.2) is 13.7 Å². The molecule has 1 atom stereocenters. The zero-order valence-electron chi connectivity index (χ0n) is 12.4. The van der Waals surface area contributed by atoms with Crippen LogP contribution in [0.4, 0.5) is 4.39 Å². The summed E-state index contributed by atoms with van der Waals surface area (Å²) in [7, 11) is 1.48. The van der Waals surface area contributed by atoms with Gasteiger partial charge in [-0.1, -0.05) is 31.2 Å². The second kappa shape index (κ2) is 5.86. The summed E-state index contributed by atoms with van der Waals surface area (Å²) < 4.78 is 18.8. The highest BCUT2D eigenvalue weighted by Gasteiger charge is 2.21. The van der Waals surface area contributed by atoms with Crippen molar-refractivity contribution in [3.05, 3.63) is 53.3 Å². The van der Waals surface area contributed by atoms with Crippen LogP contribution >= 0.6 is 0 Å². The third-order valence-electron chi connectivity index (χ3n) is 4.16. The monoisotopic (exact) mass is 285 g/mol. The van der Waals surface area contributed by atoms with Crippen molar-refractivity contribution < 1.29 is 9.13 Å². The van der Waals surface area contributed by atoms with Gasteiger partial charge in [-0.3, -0.25) is 0 Å². The number of nitrogens with one attached hydrogen (secondary N) is 1. The van der Waals surface area contributed by atoms with Gasteiger partial charge in [0.25, 0.3) is 0 Å². The Balaban J connectivity index is 1.93. The molecule has 1 aliphatic carbocycles. The van der Waals surface area contributed by atoms with Crippen LogP contribution in [-0.2, 0) is 6.42 Å². The van der Waals surface area contributed by atoms with Crippen LogP contribution in [0.1, 0.15) is 30.5 Å². The van der Waals surface area contributed by atoms with E-state index in [9.17, 15) is 4.39 Å². The summed E-state index contributed by atoms with van der Waals surface area (Å²) in [6.07, 6.45) is 2.23. The molecular formula is C18H20FNO. The van der Waals surface area contributed by atoms with Crippen molar-refractivity contribution in [3.8, 4) is 16.9 Å². The molecule has 0 saturated carbocycles. The minimum atomic E-state index is -0.318. The van der Waals surface area contributed by atoms with E-state index in [4.69, 9.17) is 4.74 Å². The number of fused-ring (bicyclic) bond motifs is 1. The summed E-state index contributed by atoms with van der Waals surface area (Å²) in [5.41, 5.74) is 4.71. The largest absolute Gasteiger partial charge is 0.494 e. The van der Waals surface area contributed by atoms with E-state index in [1.165, 1.54) is 24.3 Å². The van der Waals surface area contributed by atoms with Crippen LogP contribution in [0.5, 0.6) is 5.75 Å². The van der Waals surface area contributed by atoms with Crippen molar-refractivity contribution in [2.45, 2.75) is 25.8 Å². The quantitative estimate of drug-likeness (QED) is 0.913. The molecule has 0 saturated heterocycles. The van der Waals surface area contributed by atoms with Crippen molar-refractivity contribution >= 4 is 0 Å². The average molecular weight is 285 g/mol. The molecule has 0 amide bonds. The van der Waals surface area contributed by atoms with E-state index in [0.717, 1.165) is 30.5 Å². The van der Waals surface area contributed by atoms with Crippen molar-refractivity contribution in [3.63, 3.8) is 0 Å². The lowest BCUT2D eigenvalue weighted by Gasteiger charge is -2.13. The predicted molar refractivity (Wildman–Crippen MR) is 83.1 cm³/mol. The summed E-state index contributed by atoms with van der Waals surface area (Å²) in [5.74, 6) is -0.0341. The zero-order valence-corrected chi connectivity index (χ0v) is 12.4. The van der Waals surface area contributed by atoms with E-state index < -0.39 is 0 Å². The molecule has 0 radical (unpaired) electrons. The molecule has 1 N–H and O–H groups in total. The number of methoxy groups -OCH3 is 1. The van der Waals surface area contributed by atoms with E-state index in [1.54, 1.807) is 6.07 Å². The van der Waals surface area contributed by atoms with Crippen molar-refractivity contribution in [2.75, 3.05) is 13.7 Å². The number of aryl methyl sites for hydroxylation is 1. The van der Waals surface area contributed by atoms with Crippen molar-refractivity contribution in [1.82, 2.24) is 5.32 Å². The molecule has 0 aliphatic heterocycles. The predicted octanol–water partition coefficient (Wildman–Crippen LogP) is 4.10. The van der Waals surface area contributed by atoms with Gasteiger partial charge < -0.3 is 10.1 Å². The highest BCUT2D eigenvalue weighted by molar-refractivity contribution is 5.66. The Morgan fingerprint density at radius 3 is 2.67 bits per heavy atom. The minimum absolute atomic E-state index is 0.284. The van der Waals surface area contributed by atoms with Gasteiger partial charge in [-0.15, -0.1) is 0 Å². The summed E-state index contributed by atoms with van der Waals surface area (Å²) in [6, 6.07) is 12.0. The van der Waals surface area contributed by atoms with Crippen LogP contribution in [0.15, 0.2) is 36.4 Å². The van der Waals surface area contributed by atoms with E-state index in [-0.39, 0.29) is 11.6 Å². The maximum absolute atomic E-state index is 13.8. The first-order chi connectivity index (χ1) is 10.2. The number of ether oxygens (including phenoxy) is 1. The van der Waals surface area contributed by atoms with Gasteiger partial charge in [0.2, 0.25) is 0 Å². The first kappa shape index (κ1) is 14.1. The number of rotatable bonds is 4. The normalized spacial score (nSPS) is 16.8. The number of halogens is 1. The summed E-state index contributed by atoms with van der Waals surface area (Å²) in [6.45, 7) is 3.11. The van der Waals surface area contributed by atoms with E-state index in [2.05, 4.69) is 30.4 Å². The summed E-state index contributed by atoms with van der Waals surface area (Å²) >= 11 is 0. The molecule has 0 spiro atoms. The minimum Gasteiger partial charge on any atom is -0.494 e. The molecule has 21 heavy (non-hydrogen) atoms. The Bertz CT molecular complexity index is 654. The molecule has 0 bridgehead atoms. The van der Waals surface area contributed by atoms with Crippen molar-refractivity contribution in [2.24, 2.45) is 0 Å². The Morgan fingerprint density at radius 1 is 1.19 bits per heavy atom. The Kier molecular flexibility index (Phi) is 3.93. The van der Waals surface area contributed by atoms with Crippen LogP contribution in [0.25, 0.3) is 11.1 Å². The highest BCUT2D eigenvalue weighted by Crippen LogP contribution is 2.34. The number of hydrogen-bond acceptors (Lipinski definition) is 2.